The molecule has 0 bridgehead atoms. The molecule has 0 radical (unpaired) electrons. The molecule has 2 aromatic carbocycles. The van der Waals surface area contributed by atoms with E-state index in [1.165, 1.54) is 36.4 Å². The van der Waals surface area contributed by atoms with E-state index in [-0.39, 0.29) is 29.7 Å². The van der Waals surface area contributed by atoms with E-state index < -0.39 is 11.0 Å². The van der Waals surface area contributed by atoms with Crippen molar-refractivity contribution < 1.29 is 23.6 Å². The molecule has 2 N–H and O–H groups in total. The van der Waals surface area contributed by atoms with Gasteiger partial charge in [0.15, 0.2) is 0 Å². The number of hydrogen-bond donors (Lipinski definition) is 2. The van der Waals surface area contributed by atoms with Gasteiger partial charge in [0.1, 0.15) is 35.8 Å². The lowest BCUT2D eigenvalue weighted by atomic mass is 10.1. The predicted octanol–water partition coefficient (Wildman–Crippen LogP) is 4.18. The van der Waals surface area contributed by atoms with Crippen molar-refractivity contribution in [2.45, 2.75) is 12.6 Å². The minimum Gasteiger partial charge on any atom is -0.491 e. The maximum absolute atomic E-state index is 12.8. The summed E-state index contributed by atoms with van der Waals surface area (Å²) in [6.45, 7) is 0.590. The Morgan fingerprint density at radius 1 is 1.21 bits per heavy atom. The normalized spacial score (nSPS) is 12.0. The SMILES string of the molecule is O=[N+]([O-])c1cc(Cl)ccc1-c1ccc(CNCC(O)COc2ccc(F)cc2)o1. The van der Waals surface area contributed by atoms with Gasteiger partial charge in [0.05, 0.1) is 17.0 Å². The molecule has 7 nitrogen and oxygen atoms in total. The summed E-state index contributed by atoms with van der Waals surface area (Å²) < 4.78 is 23.9. The molecule has 0 spiro atoms. The Morgan fingerprint density at radius 2 is 1.97 bits per heavy atom. The van der Waals surface area contributed by atoms with Crippen LogP contribution in [0.25, 0.3) is 11.3 Å². The average Bonchev–Trinajstić information content (AvgIpc) is 3.16. The minimum absolute atomic E-state index is 0.0407. The first-order valence-corrected chi connectivity index (χ1v) is 9.10. The van der Waals surface area contributed by atoms with Crippen molar-refractivity contribution in [3.05, 3.63) is 81.3 Å². The number of nitro groups is 1. The number of furan rings is 1. The van der Waals surface area contributed by atoms with Crippen molar-refractivity contribution in [1.82, 2.24) is 5.32 Å². The molecule has 9 heteroatoms. The van der Waals surface area contributed by atoms with Crippen LogP contribution in [0.3, 0.4) is 0 Å². The standard InChI is InChI=1S/C20H18ClFN2O5/c21-13-1-7-18(19(9-13)24(26)27)20-8-6-17(29-20)11-23-10-15(25)12-28-16-4-2-14(22)3-5-16/h1-9,15,23,25H,10-12H2. The summed E-state index contributed by atoms with van der Waals surface area (Å²) >= 11 is 5.83. The maximum Gasteiger partial charge on any atom is 0.281 e. The Labute approximate surface area is 170 Å². The summed E-state index contributed by atoms with van der Waals surface area (Å²) in [6, 6.07) is 13.2. The number of nitrogens with one attached hydrogen (secondary N) is 1. The van der Waals surface area contributed by atoms with Crippen LogP contribution in [0.4, 0.5) is 10.1 Å². The van der Waals surface area contributed by atoms with E-state index in [1.54, 1.807) is 18.2 Å². The molecule has 1 unspecified atom stereocenters. The molecular formula is C20H18ClFN2O5. The van der Waals surface area contributed by atoms with Gasteiger partial charge in [0.2, 0.25) is 0 Å². The zero-order chi connectivity index (χ0) is 20.8. The third-order valence-corrected chi connectivity index (χ3v) is 4.25. The number of hydrogen-bond acceptors (Lipinski definition) is 6. The van der Waals surface area contributed by atoms with Crippen molar-refractivity contribution in [3.63, 3.8) is 0 Å². The second-order valence-electron chi connectivity index (χ2n) is 6.23. The third kappa shape index (κ3) is 5.77. The van der Waals surface area contributed by atoms with Crippen LogP contribution in [-0.4, -0.2) is 29.3 Å². The Kier molecular flexibility index (Phi) is 6.82. The van der Waals surface area contributed by atoms with Gasteiger partial charge in [-0.2, -0.15) is 0 Å². The number of aliphatic hydroxyl groups is 1. The molecule has 0 aliphatic heterocycles. The molecule has 1 heterocycles. The topological polar surface area (TPSA) is 97.8 Å². The summed E-state index contributed by atoms with van der Waals surface area (Å²) in [7, 11) is 0. The fourth-order valence-electron chi connectivity index (χ4n) is 2.63. The first kappa shape index (κ1) is 20.8. The zero-order valence-electron chi connectivity index (χ0n) is 15.2. The minimum atomic E-state index is -0.785. The van der Waals surface area contributed by atoms with Gasteiger partial charge < -0.3 is 19.6 Å². The highest BCUT2D eigenvalue weighted by molar-refractivity contribution is 6.30. The number of aliphatic hydroxyl groups excluding tert-OH is 1. The molecule has 3 rings (SSSR count). The lowest BCUT2D eigenvalue weighted by molar-refractivity contribution is -0.384. The molecule has 0 aliphatic carbocycles. The van der Waals surface area contributed by atoms with E-state index in [1.807, 2.05) is 0 Å². The highest BCUT2D eigenvalue weighted by atomic mass is 35.5. The average molecular weight is 421 g/mol. The number of nitro benzene ring substituents is 1. The molecule has 0 saturated carbocycles. The zero-order valence-corrected chi connectivity index (χ0v) is 15.9. The summed E-state index contributed by atoms with van der Waals surface area (Å²) in [5.41, 5.74) is 0.193. The van der Waals surface area contributed by atoms with E-state index in [9.17, 15) is 19.6 Å². The Balaban J connectivity index is 1.51. The second-order valence-corrected chi connectivity index (χ2v) is 6.67. The van der Waals surface area contributed by atoms with Crippen LogP contribution in [0.2, 0.25) is 5.02 Å². The number of halogens is 2. The van der Waals surface area contributed by atoms with Gasteiger partial charge >= 0.3 is 0 Å². The van der Waals surface area contributed by atoms with E-state index in [2.05, 4.69) is 5.32 Å². The lowest BCUT2D eigenvalue weighted by Gasteiger charge is -2.12. The Hall–Kier alpha value is -2.94. The van der Waals surface area contributed by atoms with Crippen LogP contribution >= 0.6 is 11.6 Å². The molecule has 1 atom stereocenters. The van der Waals surface area contributed by atoms with Crippen LogP contribution < -0.4 is 10.1 Å². The molecule has 0 amide bonds. The third-order valence-electron chi connectivity index (χ3n) is 4.02. The summed E-state index contributed by atoms with van der Waals surface area (Å²) in [5, 5.41) is 24.5. The van der Waals surface area contributed by atoms with E-state index in [0.717, 1.165) is 0 Å². The van der Waals surface area contributed by atoms with Gasteiger partial charge in [-0.1, -0.05) is 11.6 Å². The molecule has 152 valence electrons. The number of rotatable bonds is 9. The first-order chi connectivity index (χ1) is 13.9. The molecule has 29 heavy (non-hydrogen) atoms. The monoisotopic (exact) mass is 420 g/mol. The fraction of sp³-hybridized carbons (Fsp3) is 0.200. The molecule has 1 aromatic heterocycles. The van der Waals surface area contributed by atoms with Crippen LogP contribution in [0.15, 0.2) is 59.0 Å². The Bertz CT molecular complexity index is 977. The summed E-state index contributed by atoms with van der Waals surface area (Å²) in [4.78, 5) is 10.7. The molecule has 0 saturated heterocycles. The van der Waals surface area contributed by atoms with Crippen molar-refractivity contribution in [2.24, 2.45) is 0 Å². The van der Waals surface area contributed by atoms with Gasteiger partial charge in [-0.25, -0.2) is 4.39 Å². The van der Waals surface area contributed by atoms with Gasteiger partial charge in [-0.05, 0) is 48.5 Å². The van der Waals surface area contributed by atoms with Crippen LogP contribution in [0.1, 0.15) is 5.76 Å². The second kappa shape index (κ2) is 9.51. The summed E-state index contributed by atoms with van der Waals surface area (Å²) in [5.74, 6) is 1.01. The largest absolute Gasteiger partial charge is 0.491 e. The molecule has 3 aromatic rings. The molecule has 0 aliphatic rings. The van der Waals surface area contributed by atoms with Crippen molar-refractivity contribution in [2.75, 3.05) is 13.2 Å². The number of nitrogens with zero attached hydrogens (tertiary/aromatic N) is 1. The van der Waals surface area contributed by atoms with Crippen molar-refractivity contribution >= 4 is 17.3 Å². The van der Waals surface area contributed by atoms with Crippen molar-refractivity contribution in [3.8, 4) is 17.1 Å². The predicted molar refractivity (Wildman–Crippen MR) is 105 cm³/mol. The fourth-order valence-corrected chi connectivity index (χ4v) is 2.79. The Morgan fingerprint density at radius 3 is 2.69 bits per heavy atom. The van der Waals surface area contributed by atoms with Gasteiger partial charge in [-0.15, -0.1) is 0 Å². The highest BCUT2D eigenvalue weighted by Gasteiger charge is 2.18. The number of ether oxygens (including phenoxy) is 1. The van der Waals surface area contributed by atoms with E-state index >= 15 is 0 Å². The van der Waals surface area contributed by atoms with Crippen LogP contribution in [0.5, 0.6) is 5.75 Å². The van der Waals surface area contributed by atoms with Gasteiger partial charge in [0, 0.05) is 17.6 Å². The van der Waals surface area contributed by atoms with Crippen LogP contribution in [-0.2, 0) is 6.54 Å². The van der Waals surface area contributed by atoms with Crippen molar-refractivity contribution in [1.29, 1.82) is 0 Å². The van der Waals surface area contributed by atoms with E-state index in [4.69, 9.17) is 20.8 Å². The summed E-state index contributed by atoms with van der Waals surface area (Å²) in [6.07, 6.45) is -0.785. The number of benzene rings is 2. The maximum atomic E-state index is 12.8. The smallest absolute Gasteiger partial charge is 0.281 e. The highest BCUT2D eigenvalue weighted by Crippen LogP contribution is 2.33. The quantitative estimate of drug-likeness (QED) is 0.398. The van der Waals surface area contributed by atoms with Crippen LogP contribution in [0, 0.1) is 15.9 Å². The lowest BCUT2D eigenvalue weighted by Crippen LogP contribution is -2.31. The van der Waals surface area contributed by atoms with E-state index in [0.29, 0.717) is 29.4 Å². The molecular weight excluding hydrogens is 403 g/mol. The van der Waals surface area contributed by atoms with Gasteiger partial charge in [0.25, 0.3) is 5.69 Å². The van der Waals surface area contributed by atoms with Gasteiger partial charge in [-0.3, -0.25) is 10.1 Å². The molecule has 0 fully saturated rings. The first-order valence-electron chi connectivity index (χ1n) is 8.72.